The molecule has 1 heterocycles. The molecular weight excluding hydrogens is 270 g/mol. The SMILES string of the molecule is CC(=O)Nc1ccsc1CNCCN(C)C1CCCC1. The van der Waals surface area contributed by atoms with E-state index in [0.29, 0.717) is 0 Å². The summed E-state index contributed by atoms with van der Waals surface area (Å²) in [6, 6.07) is 2.75. The van der Waals surface area contributed by atoms with Crippen molar-refractivity contribution in [2.75, 3.05) is 25.5 Å². The zero-order chi connectivity index (χ0) is 14.4. The van der Waals surface area contributed by atoms with Gasteiger partial charge in [0.25, 0.3) is 0 Å². The molecule has 2 N–H and O–H groups in total. The maximum Gasteiger partial charge on any atom is 0.221 e. The second kappa shape index (κ2) is 7.76. The number of amides is 1. The molecule has 0 aliphatic heterocycles. The third-order valence-electron chi connectivity index (χ3n) is 3.93. The van der Waals surface area contributed by atoms with Gasteiger partial charge in [-0.3, -0.25) is 4.79 Å². The molecule has 0 unspecified atom stereocenters. The van der Waals surface area contributed by atoms with Gasteiger partial charge < -0.3 is 15.5 Å². The Bertz CT molecular complexity index is 427. The first kappa shape index (κ1) is 15.5. The van der Waals surface area contributed by atoms with E-state index in [9.17, 15) is 4.79 Å². The molecule has 1 saturated carbocycles. The zero-order valence-electron chi connectivity index (χ0n) is 12.4. The molecule has 0 aromatic carbocycles. The summed E-state index contributed by atoms with van der Waals surface area (Å²) < 4.78 is 0. The van der Waals surface area contributed by atoms with Crippen LogP contribution in [0.2, 0.25) is 0 Å². The van der Waals surface area contributed by atoms with Crippen LogP contribution in [0.4, 0.5) is 5.69 Å². The largest absolute Gasteiger partial charge is 0.325 e. The molecule has 1 aliphatic rings. The molecule has 0 spiro atoms. The average molecular weight is 295 g/mol. The molecule has 20 heavy (non-hydrogen) atoms. The Morgan fingerprint density at radius 1 is 1.45 bits per heavy atom. The smallest absolute Gasteiger partial charge is 0.221 e. The lowest BCUT2D eigenvalue weighted by atomic mass is 10.2. The van der Waals surface area contributed by atoms with E-state index in [1.165, 1.54) is 30.6 Å². The number of nitrogens with one attached hydrogen (secondary N) is 2. The quantitative estimate of drug-likeness (QED) is 0.760. The molecule has 5 heteroatoms. The number of thiophene rings is 1. The molecule has 0 saturated heterocycles. The zero-order valence-corrected chi connectivity index (χ0v) is 13.3. The summed E-state index contributed by atoms with van der Waals surface area (Å²) in [5.41, 5.74) is 0.944. The van der Waals surface area contributed by atoms with Crippen LogP contribution in [-0.2, 0) is 11.3 Å². The van der Waals surface area contributed by atoms with Crippen molar-refractivity contribution in [2.24, 2.45) is 0 Å². The monoisotopic (exact) mass is 295 g/mol. The van der Waals surface area contributed by atoms with Crippen LogP contribution >= 0.6 is 11.3 Å². The number of hydrogen-bond acceptors (Lipinski definition) is 4. The minimum absolute atomic E-state index is 0.00869. The Hall–Kier alpha value is -0.910. The lowest BCUT2D eigenvalue weighted by Crippen LogP contribution is -2.35. The molecular formula is C15H25N3OS. The summed E-state index contributed by atoms with van der Waals surface area (Å²) in [5.74, 6) is -0.00869. The van der Waals surface area contributed by atoms with E-state index in [4.69, 9.17) is 0 Å². The van der Waals surface area contributed by atoms with Gasteiger partial charge in [0, 0.05) is 37.5 Å². The first-order valence-corrected chi connectivity index (χ1v) is 8.29. The van der Waals surface area contributed by atoms with Crippen molar-refractivity contribution in [3.63, 3.8) is 0 Å². The van der Waals surface area contributed by atoms with Crippen LogP contribution in [0.5, 0.6) is 0 Å². The fourth-order valence-corrected chi connectivity index (χ4v) is 3.56. The number of rotatable bonds is 7. The second-order valence-electron chi connectivity index (χ2n) is 5.53. The van der Waals surface area contributed by atoms with Crippen molar-refractivity contribution in [3.8, 4) is 0 Å². The van der Waals surface area contributed by atoms with Gasteiger partial charge in [-0.2, -0.15) is 0 Å². The van der Waals surface area contributed by atoms with Crippen molar-refractivity contribution in [3.05, 3.63) is 16.3 Å². The molecule has 4 nitrogen and oxygen atoms in total. The van der Waals surface area contributed by atoms with Crippen molar-refractivity contribution < 1.29 is 4.79 Å². The molecule has 112 valence electrons. The summed E-state index contributed by atoms with van der Waals surface area (Å²) in [7, 11) is 2.23. The van der Waals surface area contributed by atoms with Crippen LogP contribution in [0.3, 0.4) is 0 Å². The lowest BCUT2D eigenvalue weighted by Gasteiger charge is -2.23. The third kappa shape index (κ3) is 4.58. The van der Waals surface area contributed by atoms with E-state index in [2.05, 4.69) is 22.6 Å². The molecule has 1 aliphatic carbocycles. The van der Waals surface area contributed by atoms with Gasteiger partial charge in [-0.15, -0.1) is 11.3 Å². The van der Waals surface area contributed by atoms with Crippen molar-refractivity contribution in [1.82, 2.24) is 10.2 Å². The summed E-state index contributed by atoms with van der Waals surface area (Å²) >= 11 is 1.68. The first-order chi connectivity index (χ1) is 9.66. The number of anilines is 1. The van der Waals surface area contributed by atoms with E-state index in [1.54, 1.807) is 18.3 Å². The van der Waals surface area contributed by atoms with E-state index < -0.39 is 0 Å². The van der Waals surface area contributed by atoms with Crippen molar-refractivity contribution in [2.45, 2.75) is 45.2 Å². The highest BCUT2D eigenvalue weighted by Gasteiger charge is 2.18. The van der Waals surface area contributed by atoms with Gasteiger partial charge in [-0.1, -0.05) is 12.8 Å². The molecule has 1 aromatic heterocycles. The van der Waals surface area contributed by atoms with Gasteiger partial charge in [-0.25, -0.2) is 0 Å². The molecule has 0 atom stereocenters. The Kier molecular flexibility index (Phi) is 6.01. The third-order valence-corrected chi connectivity index (χ3v) is 4.85. The highest BCUT2D eigenvalue weighted by atomic mass is 32.1. The second-order valence-corrected chi connectivity index (χ2v) is 6.53. The van der Waals surface area contributed by atoms with Crippen LogP contribution in [0.15, 0.2) is 11.4 Å². The maximum atomic E-state index is 11.1. The van der Waals surface area contributed by atoms with E-state index >= 15 is 0 Å². The summed E-state index contributed by atoms with van der Waals surface area (Å²) in [6.45, 7) is 4.45. The van der Waals surface area contributed by atoms with Gasteiger partial charge in [0.1, 0.15) is 0 Å². The van der Waals surface area contributed by atoms with Crippen LogP contribution in [0.25, 0.3) is 0 Å². The van der Waals surface area contributed by atoms with Crippen LogP contribution in [0.1, 0.15) is 37.5 Å². The number of carbonyl (C=O) groups excluding carboxylic acids is 1. The minimum atomic E-state index is -0.00869. The fourth-order valence-electron chi connectivity index (χ4n) is 2.76. The topological polar surface area (TPSA) is 44.4 Å². The van der Waals surface area contributed by atoms with Gasteiger partial charge in [0.15, 0.2) is 0 Å². The van der Waals surface area contributed by atoms with Crippen molar-refractivity contribution in [1.29, 1.82) is 0 Å². The number of hydrogen-bond donors (Lipinski definition) is 2. The van der Waals surface area contributed by atoms with Crippen molar-refractivity contribution >= 4 is 22.9 Å². The summed E-state index contributed by atoms with van der Waals surface area (Å²) in [4.78, 5) is 14.8. The Labute approximate surface area is 125 Å². The predicted octanol–water partition coefficient (Wildman–Crippen LogP) is 2.67. The molecule has 1 amide bonds. The number of nitrogens with zero attached hydrogens (tertiary/aromatic N) is 1. The van der Waals surface area contributed by atoms with Gasteiger partial charge >= 0.3 is 0 Å². The Morgan fingerprint density at radius 3 is 2.90 bits per heavy atom. The minimum Gasteiger partial charge on any atom is -0.325 e. The van der Waals surface area contributed by atoms with E-state index in [-0.39, 0.29) is 5.91 Å². The number of carbonyl (C=O) groups is 1. The molecule has 2 rings (SSSR count). The normalized spacial score (nSPS) is 15.9. The van der Waals surface area contributed by atoms with Crippen LogP contribution in [0, 0.1) is 0 Å². The molecule has 0 bridgehead atoms. The maximum absolute atomic E-state index is 11.1. The molecule has 1 aromatic rings. The Balaban J connectivity index is 1.68. The number of likely N-dealkylation sites (N-methyl/N-ethyl adjacent to an activating group) is 1. The van der Waals surface area contributed by atoms with Gasteiger partial charge in [-0.05, 0) is 31.3 Å². The van der Waals surface area contributed by atoms with E-state index in [1.807, 2.05) is 11.4 Å². The highest BCUT2D eigenvalue weighted by Crippen LogP contribution is 2.23. The molecule has 0 radical (unpaired) electrons. The molecule has 1 fully saturated rings. The van der Waals surface area contributed by atoms with E-state index in [0.717, 1.165) is 31.4 Å². The summed E-state index contributed by atoms with van der Waals surface area (Å²) in [6.07, 6.45) is 5.48. The first-order valence-electron chi connectivity index (χ1n) is 7.41. The van der Waals surface area contributed by atoms with Gasteiger partial charge in [0.2, 0.25) is 5.91 Å². The lowest BCUT2D eigenvalue weighted by molar-refractivity contribution is -0.114. The van der Waals surface area contributed by atoms with Gasteiger partial charge in [0.05, 0.1) is 5.69 Å². The average Bonchev–Trinajstić information content (AvgIpc) is 3.05. The predicted molar refractivity (Wildman–Crippen MR) is 85.2 cm³/mol. The van der Waals surface area contributed by atoms with Crippen LogP contribution in [-0.4, -0.2) is 37.0 Å². The Morgan fingerprint density at radius 2 is 2.20 bits per heavy atom. The van der Waals surface area contributed by atoms with Crippen LogP contribution < -0.4 is 10.6 Å². The fraction of sp³-hybridized carbons (Fsp3) is 0.667. The highest BCUT2D eigenvalue weighted by molar-refractivity contribution is 7.10. The summed E-state index contributed by atoms with van der Waals surface area (Å²) in [5, 5.41) is 8.36. The standard InChI is InChI=1S/C15H25N3OS/c1-12(19)17-14-7-10-20-15(14)11-16-8-9-18(2)13-5-3-4-6-13/h7,10,13,16H,3-6,8-9,11H2,1-2H3,(H,17,19).